The highest BCUT2D eigenvalue weighted by atomic mass is 32.1. The summed E-state index contributed by atoms with van der Waals surface area (Å²) in [7, 11) is 1.67. The summed E-state index contributed by atoms with van der Waals surface area (Å²) in [6.45, 7) is 4.78. The SMILES string of the molecule is COc1ccccc1N1CCN(C(=O)Cn2c(C)csc2=O)CC1. The summed E-state index contributed by atoms with van der Waals surface area (Å²) < 4.78 is 6.95. The first-order chi connectivity index (χ1) is 11.6. The Morgan fingerprint density at radius 2 is 1.92 bits per heavy atom. The van der Waals surface area contributed by atoms with Crippen LogP contribution < -0.4 is 14.5 Å². The summed E-state index contributed by atoms with van der Waals surface area (Å²) >= 11 is 1.14. The fourth-order valence-corrected chi connectivity index (χ4v) is 3.65. The number of methoxy groups -OCH3 is 1. The number of ether oxygens (including phenoxy) is 1. The fourth-order valence-electron chi connectivity index (χ4n) is 2.92. The van der Waals surface area contributed by atoms with Crippen molar-refractivity contribution in [2.75, 3.05) is 38.2 Å². The molecule has 0 bridgehead atoms. The van der Waals surface area contributed by atoms with Crippen LogP contribution in [0.15, 0.2) is 34.4 Å². The van der Waals surface area contributed by atoms with E-state index in [1.165, 1.54) is 0 Å². The molecule has 1 saturated heterocycles. The van der Waals surface area contributed by atoms with Gasteiger partial charge in [0.15, 0.2) is 0 Å². The normalized spacial score (nSPS) is 14.8. The van der Waals surface area contributed by atoms with E-state index < -0.39 is 0 Å². The Hall–Kier alpha value is -2.28. The number of rotatable bonds is 4. The molecule has 0 spiro atoms. The van der Waals surface area contributed by atoms with Crippen molar-refractivity contribution in [1.29, 1.82) is 0 Å². The zero-order valence-electron chi connectivity index (χ0n) is 13.9. The number of thiazole rings is 1. The summed E-state index contributed by atoms with van der Waals surface area (Å²) in [5.74, 6) is 0.844. The van der Waals surface area contributed by atoms with Crippen molar-refractivity contribution in [1.82, 2.24) is 9.47 Å². The van der Waals surface area contributed by atoms with Gasteiger partial charge in [-0.3, -0.25) is 14.2 Å². The van der Waals surface area contributed by atoms with Crippen molar-refractivity contribution in [2.45, 2.75) is 13.5 Å². The van der Waals surface area contributed by atoms with E-state index in [0.717, 1.165) is 41.6 Å². The van der Waals surface area contributed by atoms with Gasteiger partial charge in [0.1, 0.15) is 12.3 Å². The topological polar surface area (TPSA) is 54.8 Å². The first kappa shape index (κ1) is 16.6. The van der Waals surface area contributed by atoms with Gasteiger partial charge in [-0.25, -0.2) is 0 Å². The smallest absolute Gasteiger partial charge is 0.307 e. The van der Waals surface area contributed by atoms with Crippen molar-refractivity contribution in [2.24, 2.45) is 0 Å². The summed E-state index contributed by atoms with van der Waals surface area (Å²) in [5.41, 5.74) is 1.89. The predicted molar refractivity (Wildman–Crippen MR) is 95.1 cm³/mol. The molecule has 0 aliphatic carbocycles. The van der Waals surface area contributed by atoms with Gasteiger partial charge in [-0.15, -0.1) is 0 Å². The fraction of sp³-hybridized carbons (Fsp3) is 0.412. The average Bonchev–Trinajstić information content (AvgIpc) is 2.93. The Morgan fingerprint density at radius 3 is 2.54 bits per heavy atom. The van der Waals surface area contributed by atoms with Crippen molar-refractivity contribution in [3.8, 4) is 5.75 Å². The molecular weight excluding hydrogens is 326 g/mol. The molecule has 24 heavy (non-hydrogen) atoms. The molecule has 1 aromatic carbocycles. The second-order valence-electron chi connectivity index (χ2n) is 5.77. The minimum Gasteiger partial charge on any atom is -0.495 e. The van der Waals surface area contributed by atoms with Gasteiger partial charge in [-0.2, -0.15) is 0 Å². The lowest BCUT2D eigenvalue weighted by molar-refractivity contribution is -0.132. The number of piperazine rings is 1. The van der Waals surface area contributed by atoms with E-state index in [2.05, 4.69) is 4.90 Å². The number of aryl methyl sites for hydroxylation is 1. The maximum absolute atomic E-state index is 12.5. The number of carbonyl (C=O) groups is 1. The molecule has 1 aliphatic heterocycles. The lowest BCUT2D eigenvalue weighted by Crippen LogP contribution is -2.50. The molecule has 6 nitrogen and oxygen atoms in total. The van der Waals surface area contributed by atoms with Gasteiger partial charge in [-0.1, -0.05) is 23.5 Å². The van der Waals surface area contributed by atoms with Crippen LogP contribution in [0.2, 0.25) is 0 Å². The standard InChI is InChI=1S/C17H21N3O3S/c1-13-12-24-17(22)20(13)11-16(21)19-9-7-18(8-10-19)14-5-3-4-6-15(14)23-2/h3-6,12H,7-11H2,1-2H3. The van der Waals surface area contributed by atoms with E-state index in [-0.39, 0.29) is 17.3 Å². The number of hydrogen-bond donors (Lipinski definition) is 0. The molecule has 0 unspecified atom stereocenters. The van der Waals surface area contributed by atoms with Gasteiger partial charge < -0.3 is 14.5 Å². The third-order valence-electron chi connectivity index (χ3n) is 4.33. The summed E-state index contributed by atoms with van der Waals surface area (Å²) in [5, 5.41) is 1.79. The maximum atomic E-state index is 12.5. The molecular formula is C17H21N3O3S. The van der Waals surface area contributed by atoms with Crippen LogP contribution in [-0.4, -0.2) is 48.7 Å². The van der Waals surface area contributed by atoms with E-state index in [1.807, 2.05) is 36.1 Å². The third kappa shape index (κ3) is 3.31. The minimum atomic E-state index is -0.0755. The third-order valence-corrected chi connectivity index (χ3v) is 5.21. The van der Waals surface area contributed by atoms with Crippen LogP contribution in [0.5, 0.6) is 5.75 Å². The monoisotopic (exact) mass is 347 g/mol. The van der Waals surface area contributed by atoms with E-state index in [0.29, 0.717) is 13.1 Å². The van der Waals surface area contributed by atoms with Crippen molar-refractivity contribution >= 4 is 22.9 Å². The van der Waals surface area contributed by atoms with Crippen LogP contribution in [0, 0.1) is 6.92 Å². The van der Waals surface area contributed by atoms with Gasteiger partial charge >= 0.3 is 4.87 Å². The Morgan fingerprint density at radius 1 is 1.21 bits per heavy atom. The van der Waals surface area contributed by atoms with Gasteiger partial charge in [0.25, 0.3) is 0 Å². The number of amides is 1. The Labute approximate surface area is 144 Å². The summed E-state index contributed by atoms with van der Waals surface area (Å²) in [6.07, 6.45) is 0. The van der Waals surface area contributed by atoms with E-state index >= 15 is 0 Å². The van der Waals surface area contributed by atoms with Crippen LogP contribution in [0.3, 0.4) is 0 Å². The molecule has 1 amide bonds. The predicted octanol–water partition coefficient (Wildman–Crippen LogP) is 1.58. The number of benzene rings is 1. The van der Waals surface area contributed by atoms with Gasteiger partial charge in [0.2, 0.25) is 5.91 Å². The molecule has 2 aromatic rings. The lowest BCUT2D eigenvalue weighted by atomic mass is 10.2. The highest BCUT2D eigenvalue weighted by Crippen LogP contribution is 2.28. The molecule has 1 fully saturated rings. The summed E-state index contributed by atoms with van der Waals surface area (Å²) in [4.78, 5) is 28.2. The van der Waals surface area contributed by atoms with Crippen LogP contribution in [0.25, 0.3) is 0 Å². The first-order valence-electron chi connectivity index (χ1n) is 7.91. The van der Waals surface area contributed by atoms with Gasteiger partial charge in [-0.05, 0) is 19.1 Å². The molecule has 0 radical (unpaired) electrons. The zero-order valence-corrected chi connectivity index (χ0v) is 14.7. The largest absolute Gasteiger partial charge is 0.495 e. The van der Waals surface area contributed by atoms with Crippen LogP contribution >= 0.6 is 11.3 Å². The van der Waals surface area contributed by atoms with E-state index in [9.17, 15) is 9.59 Å². The maximum Gasteiger partial charge on any atom is 0.307 e. The van der Waals surface area contributed by atoms with Gasteiger partial charge in [0, 0.05) is 37.3 Å². The molecule has 2 heterocycles. The minimum absolute atomic E-state index is 0.00160. The summed E-state index contributed by atoms with van der Waals surface area (Å²) in [6, 6.07) is 7.91. The highest BCUT2D eigenvalue weighted by Gasteiger charge is 2.23. The lowest BCUT2D eigenvalue weighted by Gasteiger charge is -2.36. The average molecular weight is 347 g/mol. The second-order valence-corrected chi connectivity index (χ2v) is 6.59. The van der Waals surface area contributed by atoms with Crippen molar-refractivity contribution < 1.29 is 9.53 Å². The van der Waals surface area contributed by atoms with E-state index in [4.69, 9.17) is 4.74 Å². The molecule has 128 valence electrons. The highest BCUT2D eigenvalue weighted by molar-refractivity contribution is 7.07. The number of para-hydroxylation sites is 2. The zero-order chi connectivity index (χ0) is 17.1. The van der Waals surface area contributed by atoms with Crippen LogP contribution in [0.1, 0.15) is 5.69 Å². The molecule has 7 heteroatoms. The number of anilines is 1. The molecule has 1 aromatic heterocycles. The van der Waals surface area contributed by atoms with Crippen molar-refractivity contribution in [3.05, 3.63) is 45.0 Å². The molecule has 0 N–H and O–H groups in total. The van der Waals surface area contributed by atoms with Crippen LogP contribution in [0.4, 0.5) is 5.69 Å². The number of aromatic nitrogens is 1. The van der Waals surface area contributed by atoms with Gasteiger partial charge in [0.05, 0.1) is 12.8 Å². The second kappa shape index (κ2) is 7.09. The van der Waals surface area contributed by atoms with Crippen LogP contribution in [-0.2, 0) is 11.3 Å². The molecule has 3 rings (SSSR count). The first-order valence-corrected chi connectivity index (χ1v) is 8.79. The Bertz CT molecular complexity index is 775. The molecule has 1 aliphatic rings. The Kier molecular flexibility index (Phi) is 4.89. The molecule has 0 atom stereocenters. The molecule has 0 saturated carbocycles. The van der Waals surface area contributed by atoms with Crippen molar-refractivity contribution in [3.63, 3.8) is 0 Å². The number of carbonyl (C=O) groups excluding carboxylic acids is 1. The Balaban J connectivity index is 1.63. The van der Waals surface area contributed by atoms with E-state index in [1.54, 1.807) is 17.1 Å². The quantitative estimate of drug-likeness (QED) is 0.843. The number of nitrogens with zero attached hydrogens (tertiary/aromatic N) is 3. The number of hydrogen-bond acceptors (Lipinski definition) is 5.